The van der Waals surface area contributed by atoms with E-state index in [0.717, 1.165) is 0 Å². The summed E-state index contributed by atoms with van der Waals surface area (Å²) in [5.41, 5.74) is 5.76. The molecule has 0 unspecified atom stereocenters. The highest BCUT2D eigenvalue weighted by atomic mass is 32.2. The van der Waals surface area contributed by atoms with Crippen molar-refractivity contribution in [2.24, 2.45) is 5.73 Å². The second kappa shape index (κ2) is 6.51. The van der Waals surface area contributed by atoms with Gasteiger partial charge < -0.3 is 11.1 Å². The molecule has 3 N–H and O–H groups in total. The van der Waals surface area contributed by atoms with E-state index in [1.165, 1.54) is 24.3 Å². The van der Waals surface area contributed by atoms with E-state index in [-0.39, 0.29) is 16.6 Å². The van der Waals surface area contributed by atoms with Gasteiger partial charge in [-0.3, -0.25) is 4.79 Å². The number of hydrogen-bond acceptors (Lipinski definition) is 4. The topological polar surface area (TPSA) is 89.3 Å². The first-order valence-electron chi connectivity index (χ1n) is 5.82. The van der Waals surface area contributed by atoms with Gasteiger partial charge in [0.15, 0.2) is 9.84 Å². The summed E-state index contributed by atoms with van der Waals surface area (Å²) in [4.78, 5) is 11.9. The van der Waals surface area contributed by atoms with Gasteiger partial charge in [0, 0.05) is 12.1 Å². The Hall–Kier alpha value is -1.40. The molecule has 1 aromatic rings. The van der Waals surface area contributed by atoms with Crippen LogP contribution in [0.1, 0.15) is 23.7 Å². The van der Waals surface area contributed by atoms with Crippen LogP contribution in [0.4, 0.5) is 0 Å². The van der Waals surface area contributed by atoms with Crippen molar-refractivity contribution in [3.63, 3.8) is 0 Å². The quantitative estimate of drug-likeness (QED) is 0.739. The molecular weight excluding hydrogens is 252 g/mol. The van der Waals surface area contributed by atoms with Gasteiger partial charge in [-0.15, -0.1) is 0 Å². The molecular formula is C12H18N2O3S. The van der Waals surface area contributed by atoms with E-state index in [4.69, 9.17) is 5.73 Å². The fourth-order valence-corrected chi connectivity index (χ4v) is 2.27. The van der Waals surface area contributed by atoms with Crippen molar-refractivity contribution >= 4 is 15.7 Å². The van der Waals surface area contributed by atoms with Gasteiger partial charge in [-0.2, -0.15) is 0 Å². The Morgan fingerprint density at radius 3 is 2.39 bits per heavy atom. The van der Waals surface area contributed by atoms with Gasteiger partial charge >= 0.3 is 0 Å². The molecule has 0 fully saturated rings. The number of nitrogens with one attached hydrogen (secondary N) is 1. The number of carbonyl (C=O) groups is 1. The highest BCUT2D eigenvalue weighted by Crippen LogP contribution is 2.12. The summed E-state index contributed by atoms with van der Waals surface area (Å²) in [6, 6.07) is 5.94. The van der Waals surface area contributed by atoms with Crippen LogP contribution in [0.25, 0.3) is 0 Å². The minimum atomic E-state index is -3.21. The Bertz CT molecular complexity index is 495. The third-order valence-corrected chi connectivity index (χ3v) is 4.27. The van der Waals surface area contributed by atoms with Crippen molar-refractivity contribution in [1.29, 1.82) is 0 Å². The zero-order valence-electron chi connectivity index (χ0n) is 10.3. The molecule has 0 bridgehead atoms. The zero-order chi connectivity index (χ0) is 13.6. The van der Waals surface area contributed by atoms with Gasteiger partial charge in [0.25, 0.3) is 5.91 Å². The Morgan fingerprint density at radius 2 is 1.89 bits per heavy atom. The minimum absolute atomic E-state index is 0.0506. The van der Waals surface area contributed by atoms with E-state index in [2.05, 4.69) is 5.32 Å². The predicted molar refractivity (Wildman–Crippen MR) is 70.2 cm³/mol. The second-order valence-electron chi connectivity index (χ2n) is 3.83. The van der Waals surface area contributed by atoms with Gasteiger partial charge in [-0.25, -0.2) is 8.42 Å². The van der Waals surface area contributed by atoms with Crippen LogP contribution in [0.5, 0.6) is 0 Å². The molecule has 0 aliphatic carbocycles. The molecule has 0 saturated heterocycles. The number of hydrogen-bond donors (Lipinski definition) is 2. The maximum atomic E-state index is 11.6. The largest absolute Gasteiger partial charge is 0.352 e. The molecule has 0 heterocycles. The second-order valence-corrected chi connectivity index (χ2v) is 6.10. The maximum absolute atomic E-state index is 11.6. The highest BCUT2D eigenvalue weighted by molar-refractivity contribution is 7.91. The third-order valence-electron chi connectivity index (χ3n) is 2.52. The number of amides is 1. The fraction of sp³-hybridized carbons (Fsp3) is 0.417. The van der Waals surface area contributed by atoms with Crippen LogP contribution in [0.15, 0.2) is 29.2 Å². The molecule has 0 atom stereocenters. The van der Waals surface area contributed by atoms with Gasteiger partial charge in [0.05, 0.1) is 10.6 Å². The normalized spacial score (nSPS) is 11.2. The van der Waals surface area contributed by atoms with Crippen LogP contribution >= 0.6 is 0 Å². The molecule has 18 heavy (non-hydrogen) atoms. The molecule has 0 radical (unpaired) electrons. The number of rotatable bonds is 6. The summed E-state index contributed by atoms with van der Waals surface area (Å²) < 4.78 is 23.2. The van der Waals surface area contributed by atoms with E-state index in [1.54, 1.807) is 6.92 Å². The summed E-state index contributed by atoms with van der Waals surface area (Å²) in [5, 5.41) is 2.70. The van der Waals surface area contributed by atoms with E-state index >= 15 is 0 Å². The Morgan fingerprint density at radius 1 is 1.28 bits per heavy atom. The van der Waals surface area contributed by atoms with E-state index < -0.39 is 9.84 Å². The molecule has 0 aliphatic rings. The third kappa shape index (κ3) is 3.82. The van der Waals surface area contributed by atoms with Crippen LogP contribution < -0.4 is 11.1 Å². The summed E-state index contributed by atoms with van der Waals surface area (Å²) in [5.74, 6) is -0.168. The summed E-state index contributed by atoms with van der Waals surface area (Å²) >= 11 is 0. The standard InChI is InChI=1S/C12H18N2O3S/c1-2-18(16,17)11-6-4-10(5-7-11)12(15)14-9-3-8-13/h4-7H,2-3,8-9,13H2,1H3,(H,14,15). The maximum Gasteiger partial charge on any atom is 0.251 e. The molecule has 1 amide bonds. The molecule has 5 nitrogen and oxygen atoms in total. The van der Waals surface area contributed by atoms with Crippen molar-refractivity contribution in [2.75, 3.05) is 18.8 Å². The minimum Gasteiger partial charge on any atom is -0.352 e. The lowest BCUT2D eigenvalue weighted by atomic mass is 10.2. The monoisotopic (exact) mass is 270 g/mol. The highest BCUT2D eigenvalue weighted by Gasteiger charge is 2.12. The molecule has 100 valence electrons. The summed E-state index contributed by atoms with van der Waals surface area (Å²) in [6.45, 7) is 2.63. The predicted octanol–water partition coefficient (Wildman–Crippen LogP) is 0.559. The van der Waals surface area contributed by atoms with Crippen molar-refractivity contribution < 1.29 is 13.2 Å². The van der Waals surface area contributed by atoms with Crippen molar-refractivity contribution in [1.82, 2.24) is 5.32 Å². The van der Waals surface area contributed by atoms with E-state index in [9.17, 15) is 13.2 Å². The van der Waals surface area contributed by atoms with Crippen LogP contribution in [0.3, 0.4) is 0 Å². The first kappa shape index (κ1) is 14.7. The number of sulfone groups is 1. The molecule has 0 aliphatic heterocycles. The molecule has 0 spiro atoms. The van der Waals surface area contributed by atoms with Gasteiger partial charge in [-0.1, -0.05) is 6.92 Å². The lowest BCUT2D eigenvalue weighted by Crippen LogP contribution is -2.25. The fourth-order valence-electron chi connectivity index (χ4n) is 1.39. The summed E-state index contributed by atoms with van der Waals surface area (Å²) in [7, 11) is -3.21. The first-order chi connectivity index (χ1) is 8.51. The summed E-state index contributed by atoms with van der Waals surface area (Å²) in [6.07, 6.45) is 0.716. The van der Waals surface area contributed by atoms with Crippen LogP contribution in [0.2, 0.25) is 0 Å². The number of carbonyl (C=O) groups excluding carboxylic acids is 1. The van der Waals surface area contributed by atoms with Crippen LogP contribution in [0, 0.1) is 0 Å². The molecule has 0 saturated carbocycles. The van der Waals surface area contributed by atoms with E-state index in [1.807, 2.05) is 0 Å². The van der Waals surface area contributed by atoms with Crippen LogP contribution in [-0.2, 0) is 9.84 Å². The molecule has 1 aromatic carbocycles. The lowest BCUT2D eigenvalue weighted by Gasteiger charge is -2.05. The SMILES string of the molecule is CCS(=O)(=O)c1ccc(C(=O)NCCCN)cc1. The average Bonchev–Trinajstić information content (AvgIpc) is 2.39. The first-order valence-corrected chi connectivity index (χ1v) is 7.47. The van der Waals surface area contributed by atoms with Gasteiger partial charge in [-0.05, 0) is 37.2 Å². The van der Waals surface area contributed by atoms with E-state index in [0.29, 0.717) is 25.1 Å². The lowest BCUT2D eigenvalue weighted by molar-refractivity contribution is 0.0953. The zero-order valence-corrected chi connectivity index (χ0v) is 11.2. The molecule has 1 rings (SSSR count). The van der Waals surface area contributed by atoms with Crippen molar-refractivity contribution in [3.8, 4) is 0 Å². The number of nitrogens with two attached hydrogens (primary N) is 1. The number of benzene rings is 1. The molecule has 6 heteroatoms. The average molecular weight is 270 g/mol. The Balaban J connectivity index is 2.74. The Kier molecular flexibility index (Phi) is 5.30. The van der Waals surface area contributed by atoms with Crippen LogP contribution in [-0.4, -0.2) is 33.2 Å². The van der Waals surface area contributed by atoms with Crippen molar-refractivity contribution in [2.45, 2.75) is 18.2 Å². The smallest absolute Gasteiger partial charge is 0.251 e. The Labute approximate surface area is 107 Å². The van der Waals surface area contributed by atoms with Crippen molar-refractivity contribution in [3.05, 3.63) is 29.8 Å². The van der Waals surface area contributed by atoms with Gasteiger partial charge in [0.2, 0.25) is 0 Å². The van der Waals surface area contributed by atoms with Gasteiger partial charge in [0.1, 0.15) is 0 Å². The molecule has 0 aromatic heterocycles.